The molecular weight excluding hydrogens is 280 g/mol. The third kappa shape index (κ3) is 4.04. The van der Waals surface area contributed by atoms with E-state index in [0.717, 1.165) is 17.8 Å². The molecule has 0 amide bonds. The first-order valence-corrected chi connectivity index (χ1v) is 7.46. The minimum atomic E-state index is -0.827. The summed E-state index contributed by atoms with van der Waals surface area (Å²) in [4.78, 5) is 12.3. The van der Waals surface area contributed by atoms with E-state index in [2.05, 4.69) is 5.10 Å². The molecule has 0 unspecified atom stereocenters. The zero-order valence-electron chi connectivity index (χ0n) is 12.6. The molecule has 0 aliphatic carbocycles. The van der Waals surface area contributed by atoms with E-state index in [-0.39, 0.29) is 12.2 Å². The van der Waals surface area contributed by atoms with Crippen LogP contribution in [-0.4, -0.2) is 35.1 Å². The number of halogens is 1. The maximum absolute atomic E-state index is 12.3. The number of carbonyl (C=O) groups excluding carboxylic acids is 1. The van der Waals surface area contributed by atoms with Crippen LogP contribution in [-0.2, 0) is 33.7 Å². The summed E-state index contributed by atoms with van der Waals surface area (Å²) in [6.07, 6.45) is 0.0869. The monoisotopic (exact) mass is 302 g/mol. The van der Waals surface area contributed by atoms with Crippen molar-refractivity contribution in [1.82, 2.24) is 9.78 Å². The molecule has 1 aromatic heterocycles. The van der Waals surface area contributed by atoms with E-state index in [1.54, 1.807) is 4.68 Å². The van der Waals surface area contributed by atoms with Gasteiger partial charge in [0.1, 0.15) is 0 Å². The summed E-state index contributed by atoms with van der Waals surface area (Å²) in [6.45, 7) is 9.16. The van der Waals surface area contributed by atoms with E-state index in [1.807, 2.05) is 27.7 Å². The highest BCUT2D eigenvalue weighted by molar-refractivity contribution is 6.32. The lowest BCUT2D eigenvalue weighted by molar-refractivity contribution is -0.167. The second-order valence-corrected chi connectivity index (χ2v) is 4.64. The minimum Gasteiger partial charge on any atom is -0.346 e. The quantitative estimate of drug-likeness (QED) is 0.658. The maximum atomic E-state index is 12.3. The summed E-state index contributed by atoms with van der Waals surface area (Å²) in [5.74, 6) is -0.132. The molecule has 5 nitrogen and oxygen atoms in total. The van der Waals surface area contributed by atoms with Gasteiger partial charge in [-0.1, -0.05) is 18.5 Å². The highest BCUT2D eigenvalue weighted by atomic mass is 35.5. The van der Waals surface area contributed by atoms with E-state index < -0.39 is 6.29 Å². The zero-order valence-corrected chi connectivity index (χ0v) is 13.4. The Morgan fingerprint density at radius 2 is 1.85 bits per heavy atom. The first-order chi connectivity index (χ1) is 9.58. The van der Waals surface area contributed by atoms with E-state index in [4.69, 9.17) is 21.1 Å². The molecule has 0 saturated heterocycles. The second-order valence-electron chi connectivity index (χ2n) is 4.26. The van der Waals surface area contributed by atoms with E-state index in [1.165, 1.54) is 0 Å². The van der Waals surface area contributed by atoms with E-state index in [0.29, 0.717) is 24.8 Å². The summed E-state index contributed by atoms with van der Waals surface area (Å²) in [6, 6.07) is 0. The first-order valence-electron chi connectivity index (χ1n) is 7.08. The molecule has 1 rings (SSSR count). The smallest absolute Gasteiger partial charge is 0.218 e. The second kappa shape index (κ2) is 8.39. The van der Waals surface area contributed by atoms with Gasteiger partial charge in [-0.25, -0.2) is 0 Å². The van der Waals surface area contributed by atoms with Crippen LogP contribution in [0.3, 0.4) is 0 Å². The zero-order chi connectivity index (χ0) is 15.1. The van der Waals surface area contributed by atoms with Gasteiger partial charge in [0.15, 0.2) is 5.78 Å². The summed E-state index contributed by atoms with van der Waals surface area (Å²) in [5.41, 5.74) is 1.56. The molecule has 0 aromatic carbocycles. The Balaban J connectivity index is 2.90. The lowest BCUT2D eigenvalue weighted by Gasteiger charge is -2.15. The average molecular weight is 303 g/mol. The predicted molar refractivity (Wildman–Crippen MR) is 78.0 cm³/mol. The van der Waals surface area contributed by atoms with Gasteiger partial charge in [-0.3, -0.25) is 9.48 Å². The molecule has 20 heavy (non-hydrogen) atoms. The molecule has 114 valence electrons. The SMILES string of the molecule is CCOC(OCC)C(=O)Cc1c(Cl)c(CC)nn1CC. The lowest BCUT2D eigenvalue weighted by atomic mass is 10.2. The number of hydrogen-bond donors (Lipinski definition) is 0. The third-order valence-corrected chi connectivity index (χ3v) is 3.37. The van der Waals surface area contributed by atoms with Gasteiger partial charge in [0.2, 0.25) is 6.29 Å². The van der Waals surface area contributed by atoms with Crippen LogP contribution in [0.25, 0.3) is 0 Å². The van der Waals surface area contributed by atoms with Crippen LogP contribution in [0.4, 0.5) is 0 Å². The van der Waals surface area contributed by atoms with Crippen LogP contribution in [0.5, 0.6) is 0 Å². The fourth-order valence-corrected chi connectivity index (χ4v) is 2.31. The molecule has 1 heterocycles. The number of rotatable bonds is 9. The van der Waals surface area contributed by atoms with Crippen molar-refractivity contribution in [3.05, 3.63) is 16.4 Å². The van der Waals surface area contributed by atoms with Gasteiger partial charge in [-0.15, -0.1) is 0 Å². The molecule has 0 radical (unpaired) electrons. The fraction of sp³-hybridized carbons (Fsp3) is 0.714. The largest absolute Gasteiger partial charge is 0.346 e. The summed E-state index contributed by atoms with van der Waals surface area (Å²) in [7, 11) is 0. The summed E-state index contributed by atoms with van der Waals surface area (Å²) in [5, 5.41) is 4.98. The van der Waals surface area contributed by atoms with Crippen LogP contribution < -0.4 is 0 Å². The maximum Gasteiger partial charge on any atom is 0.218 e. The Morgan fingerprint density at radius 3 is 2.30 bits per heavy atom. The molecule has 0 atom stereocenters. The van der Waals surface area contributed by atoms with Crippen LogP contribution in [0.15, 0.2) is 0 Å². The molecule has 0 fully saturated rings. The van der Waals surface area contributed by atoms with E-state index >= 15 is 0 Å². The molecule has 0 N–H and O–H groups in total. The first kappa shape index (κ1) is 17.1. The predicted octanol–water partition coefficient (Wildman–Crippen LogP) is 2.63. The molecule has 6 heteroatoms. The number of carbonyl (C=O) groups is 1. The van der Waals surface area contributed by atoms with Crippen molar-refractivity contribution in [2.75, 3.05) is 13.2 Å². The van der Waals surface area contributed by atoms with Crippen molar-refractivity contribution in [2.24, 2.45) is 0 Å². The fourth-order valence-electron chi connectivity index (χ4n) is 1.97. The van der Waals surface area contributed by atoms with Gasteiger partial charge >= 0.3 is 0 Å². The van der Waals surface area contributed by atoms with Gasteiger partial charge in [0.05, 0.1) is 22.8 Å². The van der Waals surface area contributed by atoms with E-state index in [9.17, 15) is 4.79 Å². The molecule has 1 aromatic rings. The Labute approximate surface area is 125 Å². The van der Waals surface area contributed by atoms with Crippen molar-refractivity contribution in [1.29, 1.82) is 0 Å². The van der Waals surface area contributed by atoms with Crippen molar-refractivity contribution >= 4 is 17.4 Å². The van der Waals surface area contributed by atoms with Crippen molar-refractivity contribution < 1.29 is 14.3 Å². The number of Topliss-reactive ketones (excluding diaryl/α,β-unsaturated/α-hetero) is 1. The molecule has 0 aliphatic rings. The Kier molecular flexibility index (Phi) is 7.19. The van der Waals surface area contributed by atoms with Crippen LogP contribution in [0.2, 0.25) is 5.02 Å². The van der Waals surface area contributed by atoms with Gasteiger partial charge < -0.3 is 9.47 Å². The molecular formula is C14H23ClN2O3. The lowest BCUT2D eigenvalue weighted by Crippen LogP contribution is -2.29. The summed E-state index contributed by atoms with van der Waals surface area (Å²) < 4.78 is 12.4. The Bertz CT molecular complexity index is 440. The average Bonchev–Trinajstić information content (AvgIpc) is 2.75. The van der Waals surface area contributed by atoms with Crippen LogP contribution in [0.1, 0.15) is 39.1 Å². The molecule has 0 bridgehead atoms. The third-order valence-electron chi connectivity index (χ3n) is 2.93. The number of ether oxygens (including phenoxy) is 2. The van der Waals surface area contributed by atoms with Crippen molar-refractivity contribution in [2.45, 2.75) is 53.4 Å². The number of aryl methyl sites for hydroxylation is 2. The Morgan fingerprint density at radius 1 is 1.25 bits per heavy atom. The summed E-state index contributed by atoms with van der Waals surface area (Å²) >= 11 is 6.29. The standard InChI is InChI=1S/C14H23ClN2O3/c1-5-10-13(15)11(17(6-2)16-10)9-12(18)14(19-7-3)20-8-4/h14H,5-9H2,1-4H3. The van der Waals surface area contributed by atoms with Crippen molar-refractivity contribution in [3.63, 3.8) is 0 Å². The van der Waals surface area contributed by atoms with Crippen LogP contribution in [0, 0.1) is 0 Å². The Hall–Kier alpha value is -0.910. The van der Waals surface area contributed by atoms with Gasteiger partial charge in [0, 0.05) is 19.8 Å². The number of aromatic nitrogens is 2. The number of nitrogens with zero attached hydrogens (tertiary/aromatic N) is 2. The topological polar surface area (TPSA) is 53.4 Å². The van der Waals surface area contributed by atoms with Crippen molar-refractivity contribution in [3.8, 4) is 0 Å². The number of hydrogen-bond acceptors (Lipinski definition) is 4. The molecule has 0 saturated carbocycles. The van der Waals surface area contributed by atoms with Crippen LogP contribution >= 0.6 is 11.6 Å². The van der Waals surface area contributed by atoms with Gasteiger partial charge in [-0.2, -0.15) is 5.10 Å². The molecule has 0 aliphatic heterocycles. The molecule has 0 spiro atoms. The number of ketones is 1. The minimum absolute atomic E-state index is 0.132. The van der Waals surface area contributed by atoms with Gasteiger partial charge in [0.25, 0.3) is 0 Å². The van der Waals surface area contributed by atoms with Gasteiger partial charge in [-0.05, 0) is 27.2 Å². The highest BCUT2D eigenvalue weighted by Gasteiger charge is 2.23. The normalized spacial score (nSPS) is 11.3. The highest BCUT2D eigenvalue weighted by Crippen LogP contribution is 2.23.